The van der Waals surface area contributed by atoms with Crippen molar-refractivity contribution in [1.29, 1.82) is 0 Å². The second-order valence-electron chi connectivity index (χ2n) is 6.17. The van der Waals surface area contributed by atoms with Crippen molar-refractivity contribution in [3.8, 4) is 0 Å². The molecule has 0 radical (unpaired) electrons. The van der Waals surface area contributed by atoms with Gasteiger partial charge in [-0.15, -0.1) is 0 Å². The summed E-state index contributed by atoms with van der Waals surface area (Å²) < 4.78 is 26.7. The van der Waals surface area contributed by atoms with Crippen LogP contribution in [0.5, 0.6) is 0 Å². The number of hydrogen-bond acceptors (Lipinski definition) is 3. The first kappa shape index (κ1) is 16.8. The fourth-order valence-electron chi connectivity index (χ4n) is 2.75. The van der Waals surface area contributed by atoms with Crippen molar-refractivity contribution in [2.24, 2.45) is 5.92 Å². The standard InChI is InChI=1S/C16H24N2O3S/c1-4-9-18-15-7-6-14(10-13(15)5-8-16(18)19)17-22(20,21)11-12(2)3/h6-7,10,12,17H,4-5,8-9,11H2,1-3H3. The van der Waals surface area contributed by atoms with Gasteiger partial charge in [-0.25, -0.2) is 8.42 Å². The van der Waals surface area contributed by atoms with Gasteiger partial charge in [0, 0.05) is 24.3 Å². The normalized spacial score (nSPS) is 15.1. The highest BCUT2D eigenvalue weighted by Gasteiger charge is 2.24. The number of hydrogen-bond donors (Lipinski definition) is 1. The molecule has 0 spiro atoms. The summed E-state index contributed by atoms with van der Waals surface area (Å²) >= 11 is 0. The fraction of sp³-hybridized carbons (Fsp3) is 0.562. The van der Waals surface area contributed by atoms with Crippen LogP contribution in [0.3, 0.4) is 0 Å². The number of anilines is 2. The summed E-state index contributed by atoms with van der Waals surface area (Å²) in [5.41, 5.74) is 2.51. The summed E-state index contributed by atoms with van der Waals surface area (Å²) in [5, 5.41) is 0. The third kappa shape index (κ3) is 4.00. The van der Waals surface area contributed by atoms with Crippen LogP contribution in [-0.4, -0.2) is 26.6 Å². The van der Waals surface area contributed by atoms with E-state index >= 15 is 0 Å². The molecular formula is C16H24N2O3S. The molecule has 0 saturated heterocycles. The Morgan fingerprint density at radius 2 is 2.00 bits per heavy atom. The fourth-order valence-corrected chi connectivity index (χ4v) is 4.20. The van der Waals surface area contributed by atoms with Crippen LogP contribution >= 0.6 is 0 Å². The SMILES string of the molecule is CCCN1C(=O)CCc2cc(NS(=O)(=O)CC(C)C)ccc21. The highest BCUT2D eigenvalue weighted by molar-refractivity contribution is 7.92. The lowest BCUT2D eigenvalue weighted by atomic mass is 10.0. The van der Waals surface area contributed by atoms with Gasteiger partial charge in [-0.05, 0) is 42.5 Å². The number of rotatable bonds is 6. The van der Waals surface area contributed by atoms with Gasteiger partial charge in [0.25, 0.3) is 0 Å². The highest BCUT2D eigenvalue weighted by atomic mass is 32.2. The Labute approximate surface area is 132 Å². The number of benzene rings is 1. The Morgan fingerprint density at radius 1 is 1.27 bits per heavy atom. The van der Waals surface area contributed by atoms with Gasteiger partial charge in [-0.3, -0.25) is 9.52 Å². The summed E-state index contributed by atoms with van der Waals surface area (Å²) in [5.74, 6) is 0.320. The lowest BCUT2D eigenvalue weighted by molar-refractivity contribution is -0.118. The van der Waals surface area contributed by atoms with Crippen molar-refractivity contribution in [2.45, 2.75) is 40.0 Å². The van der Waals surface area contributed by atoms with Crippen LogP contribution in [0, 0.1) is 5.92 Å². The van der Waals surface area contributed by atoms with E-state index in [4.69, 9.17) is 0 Å². The van der Waals surface area contributed by atoms with E-state index in [1.165, 1.54) is 0 Å². The lowest BCUT2D eigenvalue weighted by Crippen LogP contribution is -2.35. The topological polar surface area (TPSA) is 66.5 Å². The summed E-state index contributed by atoms with van der Waals surface area (Å²) in [6, 6.07) is 5.43. The third-order valence-electron chi connectivity index (χ3n) is 3.55. The maximum Gasteiger partial charge on any atom is 0.232 e. The minimum Gasteiger partial charge on any atom is -0.312 e. The molecule has 1 aromatic rings. The smallest absolute Gasteiger partial charge is 0.232 e. The van der Waals surface area contributed by atoms with E-state index in [2.05, 4.69) is 4.72 Å². The molecule has 0 saturated carbocycles. The van der Waals surface area contributed by atoms with Gasteiger partial charge >= 0.3 is 0 Å². The van der Waals surface area contributed by atoms with Crippen LogP contribution in [0.15, 0.2) is 18.2 Å². The number of nitrogens with zero attached hydrogens (tertiary/aromatic N) is 1. The maximum absolute atomic E-state index is 12.0. The van der Waals surface area contributed by atoms with Crippen LogP contribution in [-0.2, 0) is 21.2 Å². The van der Waals surface area contributed by atoms with Crippen LogP contribution in [0.4, 0.5) is 11.4 Å². The zero-order chi connectivity index (χ0) is 16.3. The Bertz CT molecular complexity index is 653. The van der Waals surface area contributed by atoms with Crippen LogP contribution < -0.4 is 9.62 Å². The Balaban J connectivity index is 2.23. The molecule has 1 aliphatic heterocycles. The second-order valence-corrected chi connectivity index (χ2v) is 7.93. The van der Waals surface area contributed by atoms with Gasteiger partial charge in [0.1, 0.15) is 0 Å². The van der Waals surface area contributed by atoms with E-state index < -0.39 is 10.0 Å². The molecular weight excluding hydrogens is 300 g/mol. The van der Waals surface area contributed by atoms with E-state index in [1.807, 2.05) is 32.9 Å². The quantitative estimate of drug-likeness (QED) is 0.875. The zero-order valence-electron chi connectivity index (χ0n) is 13.4. The molecule has 0 bridgehead atoms. The number of amides is 1. The van der Waals surface area contributed by atoms with E-state index in [-0.39, 0.29) is 17.6 Å². The first-order valence-electron chi connectivity index (χ1n) is 7.76. The second kappa shape index (κ2) is 6.69. The van der Waals surface area contributed by atoms with Crippen LogP contribution in [0.25, 0.3) is 0 Å². The van der Waals surface area contributed by atoms with Gasteiger partial charge in [0.15, 0.2) is 0 Å². The molecule has 1 aromatic carbocycles. The molecule has 1 aliphatic rings. The summed E-state index contributed by atoms with van der Waals surface area (Å²) in [6.45, 7) is 6.49. The average molecular weight is 324 g/mol. The number of carbonyl (C=O) groups excluding carboxylic acids is 1. The first-order chi connectivity index (χ1) is 10.3. The van der Waals surface area contributed by atoms with Crippen molar-refractivity contribution in [1.82, 2.24) is 0 Å². The van der Waals surface area contributed by atoms with Gasteiger partial charge in [-0.1, -0.05) is 20.8 Å². The Hall–Kier alpha value is -1.56. The average Bonchev–Trinajstić information content (AvgIpc) is 2.40. The zero-order valence-corrected chi connectivity index (χ0v) is 14.2. The van der Waals surface area contributed by atoms with E-state index in [0.29, 0.717) is 25.1 Å². The molecule has 2 rings (SSSR count). The van der Waals surface area contributed by atoms with E-state index in [9.17, 15) is 13.2 Å². The molecule has 1 N–H and O–H groups in total. The van der Waals surface area contributed by atoms with Crippen LogP contribution in [0.2, 0.25) is 0 Å². The minimum absolute atomic E-state index is 0.0767. The molecule has 122 valence electrons. The van der Waals surface area contributed by atoms with Crippen molar-refractivity contribution in [3.05, 3.63) is 23.8 Å². The predicted molar refractivity (Wildman–Crippen MR) is 89.7 cm³/mol. The molecule has 0 unspecified atom stereocenters. The minimum atomic E-state index is -3.33. The Kier molecular flexibility index (Phi) is 5.11. The van der Waals surface area contributed by atoms with E-state index in [0.717, 1.165) is 17.7 Å². The maximum atomic E-state index is 12.0. The summed E-state index contributed by atoms with van der Waals surface area (Å²) in [6.07, 6.45) is 2.04. The van der Waals surface area contributed by atoms with Gasteiger partial charge in [0.2, 0.25) is 15.9 Å². The molecule has 1 amide bonds. The van der Waals surface area contributed by atoms with Crippen molar-refractivity contribution >= 4 is 27.3 Å². The molecule has 6 heteroatoms. The molecule has 22 heavy (non-hydrogen) atoms. The van der Waals surface area contributed by atoms with Gasteiger partial charge < -0.3 is 4.90 Å². The summed E-state index contributed by atoms with van der Waals surface area (Å²) in [4.78, 5) is 13.8. The van der Waals surface area contributed by atoms with Crippen molar-refractivity contribution in [2.75, 3.05) is 21.9 Å². The highest BCUT2D eigenvalue weighted by Crippen LogP contribution is 2.30. The number of aryl methyl sites for hydroxylation is 1. The van der Waals surface area contributed by atoms with Gasteiger partial charge in [0.05, 0.1) is 5.75 Å². The number of sulfonamides is 1. The largest absolute Gasteiger partial charge is 0.312 e. The monoisotopic (exact) mass is 324 g/mol. The molecule has 0 atom stereocenters. The molecule has 1 heterocycles. The lowest BCUT2D eigenvalue weighted by Gasteiger charge is -2.29. The number of carbonyl (C=O) groups is 1. The third-order valence-corrected chi connectivity index (χ3v) is 5.21. The molecule has 5 nitrogen and oxygen atoms in total. The predicted octanol–water partition coefficient (Wildman–Crippen LogP) is 2.77. The van der Waals surface area contributed by atoms with Crippen molar-refractivity contribution in [3.63, 3.8) is 0 Å². The Morgan fingerprint density at radius 3 is 2.64 bits per heavy atom. The van der Waals surface area contributed by atoms with Gasteiger partial charge in [-0.2, -0.15) is 0 Å². The van der Waals surface area contributed by atoms with E-state index in [1.54, 1.807) is 11.0 Å². The molecule has 0 fully saturated rings. The number of fused-ring (bicyclic) bond motifs is 1. The van der Waals surface area contributed by atoms with Crippen LogP contribution in [0.1, 0.15) is 39.2 Å². The first-order valence-corrected chi connectivity index (χ1v) is 9.41. The van der Waals surface area contributed by atoms with Crippen molar-refractivity contribution < 1.29 is 13.2 Å². The summed E-state index contributed by atoms with van der Waals surface area (Å²) in [7, 11) is -3.33. The molecule has 0 aliphatic carbocycles. The number of nitrogens with one attached hydrogen (secondary N) is 1. The molecule has 0 aromatic heterocycles.